The van der Waals surface area contributed by atoms with Gasteiger partial charge in [-0.15, -0.1) is 0 Å². The number of Topliss-reactive ketones (excluding diaryl/α,β-unsaturated/α-hetero) is 1. The van der Waals surface area contributed by atoms with Crippen LogP contribution in [0.4, 0.5) is 0 Å². The highest BCUT2D eigenvalue weighted by Gasteiger charge is 2.17. The van der Waals surface area contributed by atoms with Crippen molar-refractivity contribution >= 4 is 11.7 Å². The minimum absolute atomic E-state index is 0.0248. The molecule has 1 aromatic rings. The van der Waals surface area contributed by atoms with Gasteiger partial charge in [-0.05, 0) is 55.7 Å². The van der Waals surface area contributed by atoms with Gasteiger partial charge in [0, 0.05) is 37.7 Å². The van der Waals surface area contributed by atoms with E-state index in [1.54, 1.807) is 0 Å². The van der Waals surface area contributed by atoms with Gasteiger partial charge in [0.05, 0.1) is 0 Å². The predicted octanol–water partition coefficient (Wildman–Crippen LogP) is 2.82. The molecule has 1 N–H and O–H groups in total. The summed E-state index contributed by atoms with van der Waals surface area (Å²) in [5.41, 5.74) is 3.45. The Hall–Kier alpha value is -1.68. The molecule has 1 aliphatic carbocycles. The van der Waals surface area contributed by atoms with Crippen LogP contribution in [0.15, 0.2) is 18.2 Å². The van der Waals surface area contributed by atoms with E-state index in [9.17, 15) is 9.59 Å². The van der Waals surface area contributed by atoms with Crippen LogP contribution in [0, 0.1) is 0 Å². The van der Waals surface area contributed by atoms with Crippen molar-refractivity contribution in [3.63, 3.8) is 0 Å². The summed E-state index contributed by atoms with van der Waals surface area (Å²) >= 11 is 0. The molecule has 0 unspecified atom stereocenters. The second-order valence-corrected chi connectivity index (χ2v) is 6.57. The summed E-state index contributed by atoms with van der Waals surface area (Å²) in [6.07, 6.45) is 6.93. The zero-order chi connectivity index (χ0) is 16.1. The molecule has 1 fully saturated rings. The Labute approximate surface area is 137 Å². The van der Waals surface area contributed by atoms with Crippen molar-refractivity contribution in [3.8, 4) is 0 Å². The van der Waals surface area contributed by atoms with Gasteiger partial charge in [-0.2, -0.15) is 0 Å². The molecule has 0 radical (unpaired) electrons. The molecule has 4 nitrogen and oxygen atoms in total. The minimum atomic E-state index is -0.0248. The summed E-state index contributed by atoms with van der Waals surface area (Å²) in [5.74, 6) is 0.0451. The van der Waals surface area contributed by atoms with Gasteiger partial charge in [0.2, 0.25) is 5.91 Å². The largest absolute Gasteiger partial charge is 0.381 e. The van der Waals surface area contributed by atoms with E-state index in [4.69, 9.17) is 4.74 Å². The first-order valence-corrected chi connectivity index (χ1v) is 8.74. The average Bonchev–Trinajstić information content (AvgIpc) is 2.60. The van der Waals surface area contributed by atoms with Crippen molar-refractivity contribution in [1.82, 2.24) is 5.32 Å². The summed E-state index contributed by atoms with van der Waals surface area (Å²) < 4.78 is 5.28. The molecule has 1 aliphatic heterocycles. The fourth-order valence-electron chi connectivity index (χ4n) is 3.42. The van der Waals surface area contributed by atoms with Crippen molar-refractivity contribution in [2.75, 3.05) is 13.2 Å². The van der Waals surface area contributed by atoms with Gasteiger partial charge in [0.25, 0.3) is 0 Å². The Morgan fingerprint density at radius 3 is 2.57 bits per heavy atom. The molecule has 1 amide bonds. The Bertz CT molecular complexity index is 576. The van der Waals surface area contributed by atoms with E-state index in [0.717, 1.165) is 31.2 Å². The standard InChI is InChI=1S/C19H25NO3/c21-18(7-8-19(22)20-17-9-11-23-12-10-17)16-6-5-14-3-1-2-4-15(14)13-16/h5-6,13,17H,1-4,7-12H2,(H,20,22). The second kappa shape index (κ2) is 7.73. The number of hydrogen-bond acceptors (Lipinski definition) is 3. The normalized spacial score (nSPS) is 18.3. The lowest BCUT2D eigenvalue weighted by Crippen LogP contribution is -2.38. The van der Waals surface area contributed by atoms with E-state index in [1.165, 1.54) is 24.0 Å². The monoisotopic (exact) mass is 315 g/mol. The van der Waals surface area contributed by atoms with Crippen LogP contribution in [0.3, 0.4) is 0 Å². The maximum absolute atomic E-state index is 12.3. The fraction of sp³-hybridized carbons (Fsp3) is 0.579. The number of carbonyl (C=O) groups is 2. The summed E-state index contributed by atoms with van der Waals surface area (Å²) in [6.45, 7) is 1.41. The van der Waals surface area contributed by atoms with E-state index in [0.29, 0.717) is 13.2 Å². The average molecular weight is 315 g/mol. The smallest absolute Gasteiger partial charge is 0.220 e. The molecule has 0 spiro atoms. The number of fused-ring (bicyclic) bond motifs is 1. The number of ketones is 1. The van der Waals surface area contributed by atoms with Crippen LogP contribution in [0.25, 0.3) is 0 Å². The third-order valence-electron chi connectivity index (χ3n) is 4.84. The lowest BCUT2D eigenvalue weighted by Gasteiger charge is -2.23. The SMILES string of the molecule is O=C(CCC(=O)c1ccc2c(c1)CCCC2)NC1CCOCC1. The number of aryl methyl sites for hydroxylation is 2. The van der Waals surface area contributed by atoms with Crippen molar-refractivity contribution in [2.24, 2.45) is 0 Å². The van der Waals surface area contributed by atoms with E-state index in [2.05, 4.69) is 11.4 Å². The van der Waals surface area contributed by atoms with Gasteiger partial charge < -0.3 is 10.1 Å². The second-order valence-electron chi connectivity index (χ2n) is 6.57. The Kier molecular flexibility index (Phi) is 5.44. The summed E-state index contributed by atoms with van der Waals surface area (Å²) in [6, 6.07) is 6.25. The molecule has 1 saturated heterocycles. The van der Waals surface area contributed by atoms with Crippen molar-refractivity contribution in [3.05, 3.63) is 34.9 Å². The third kappa shape index (κ3) is 4.41. The number of benzene rings is 1. The summed E-state index contributed by atoms with van der Waals surface area (Å²) in [5, 5.41) is 3.00. The third-order valence-corrected chi connectivity index (χ3v) is 4.84. The van der Waals surface area contributed by atoms with Crippen LogP contribution in [0.1, 0.15) is 60.0 Å². The van der Waals surface area contributed by atoms with Gasteiger partial charge in [-0.25, -0.2) is 0 Å². The van der Waals surface area contributed by atoms with E-state index < -0.39 is 0 Å². The van der Waals surface area contributed by atoms with Crippen molar-refractivity contribution in [2.45, 2.75) is 57.4 Å². The molecular weight excluding hydrogens is 290 g/mol. The summed E-state index contributed by atoms with van der Waals surface area (Å²) in [7, 11) is 0. The highest BCUT2D eigenvalue weighted by molar-refractivity contribution is 5.98. The predicted molar refractivity (Wildman–Crippen MR) is 88.6 cm³/mol. The first kappa shape index (κ1) is 16.2. The van der Waals surface area contributed by atoms with Crippen LogP contribution in [-0.2, 0) is 22.4 Å². The quantitative estimate of drug-likeness (QED) is 0.850. The zero-order valence-corrected chi connectivity index (χ0v) is 13.6. The van der Waals surface area contributed by atoms with Gasteiger partial charge in [-0.3, -0.25) is 9.59 Å². The van der Waals surface area contributed by atoms with Crippen LogP contribution in [0.2, 0.25) is 0 Å². The molecule has 0 saturated carbocycles. The zero-order valence-electron chi connectivity index (χ0n) is 13.6. The van der Waals surface area contributed by atoms with Crippen molar-refractivity contribution < 1.29 is 14.3 Å². The number of ether oxygens (including phenoxy) is 1. The Balaban J connectivity index is 1.49. The van der Waals surface area contributed by atoms with Gasteiger partial charge >= 0.3 is 0 Å². The lowest BCUT2D eigenvalue weighted by atomic mass is 9.89. The lowest BCUT2D eigenvalue weighted by molar-refractivity contribution is -0.122. The van der Waals surface area contributed by atoms with Gasteiger partial charge in [0.1, 0.15) is 0 Å². The molecule has 23 heavy (non-hydrogen) atoms. The number of hydrogen-bond donors (Lipinski definition) is 1. The van der Waals surface area contributed by atoms with Crippen LogP contribution >= 0.6 is 0 Å². The van der Waals surface area contributed by atoms with Crippen molar-refractivity contribution in [1.29, 1.82) is 0 Å². The Morgan fingerprint density at radius 1 is 1.04 bits per heavy atom. The molecule has 124 valence electrons. The topological polar surface area (TPSA) is 55.4 Å². The highest BCUT2D eigenvalue weighted by Crippen LogP contribution is 2.23. The first-order valence-electron chi connectivity index (χ1n) is 8.74. The molecule has 2 aliphatic rings. The molecule has 1 aromatic carbocycles. The maximum atomic E-state index is 12.3. The van der Waals surface area contributed by atoms with Gasteiger partial charge in [-0.1, -0.05) is 12.1 Å². The van der Waals surface area contributed by atoms with E-state index in [1.807, 2.05) is 12.1 Å². The minimum Gasteiger partial charge on any atom is -0.381 e. The first-order chi connectivity index (χ1) is 11.2. The number of carbonyl (C=O) groups excluding carboxylic acids is 2. The van der Waals surface area contributed by atoms with Crippen LogP contribution < -0.4 is 5.32 Å². The molecule has 3 rings (SSSR count). The molecule has 0 bridgehead atoms. The molecule has 1 heterocycles. The maximum Gasteiger partial charge on any atom is 0.220 e. The molecular formula is C19H25NO3. The summed E-state index contributed by atoms with van der Waals surface area (Å²) in [4.78, 5) is 24.3. The number of amides is 1. The molecule has 0 atom stereocenters. The Morgan fingerprint density at radius 2 is 1.78 bits per heavy atom. The number of rotatable bonds is 5. The van der Waals surface area contributed by atoms with E-state index >= 15 is 0 Å². The van der Waals surface area contributed by atoms with E-state index in [-0.39, 0.29) is 30.6 Å². The molecule has 4 heteroatoms. The van der Waals surface area contributed by atoms with Crippen LogP contribution in [-0.4, -0.2) is 30.9 Å². The molecule has 0 aromatic heterocycles. The highest BCUT2D eigenvalue weighted by atomic mass is 16.5. The fourth-order valence-corrected chi connectivity index (χ4v) is 3.42. The van der Waals surface area contributed by atoms with Gasteiger partial charge in [0.15, 0.2) is 5.78 Å². The number of nitrogens with one attached hydrogen (secondary N) is 1. The van der Waals surface area contributed by atoms with Crippen LogP contribution in [0.5, 0.6) is 0 Å².